The van der Waals surface area contributed by atoms with Gasteiger partial charge < -0.3 is 10.1 Å². The van der Waals surface area contributed by atoms with Gasteiger partial charge in [0.15, 0.2) is 6.61 Å². The molecule has 5 heteroatoms. The third kappa shape index (κ3) is 3.61. The molecule has 0 atom stereocenters. The number of hydrogen-bond acceptors (Lipinski definition) is 3. The zero-order chi connectivity index (χ0) is 17.0. The maximum atomic E-state index is 12.6. The minimum absolute atomic E-state index is 0.265. The van der Waals surface area contributed by atoms with E-state index in [0.29, 0.717) is 5.69 Å². The molecule has 1 aliphatic carbocycles. The van der Waals surface area contributed by atoms with Gasteiger partial charge in [0.1, 0.15) is 0 Å². The van der Waals surface area contributed by atoms with Crippen molar-refractivity contribution in [2.75, 3.05) is 11.9 Å². The lowest BCUT2D eigenvalue weighted by Gasteiger charge is -2.39. The monoisotopic (exact) mass is 435 g/mol. The number of esters is 1. The van der Waals surface area contributed by atoms with Gasteiger partial charge >= 0.3 is 5.97 Å². The summed E-state index contributed by atoms with van der Waals surface area (Å²) in [6, 6.07) is 17.1. The van der Waals surface area contributed by atoms with E-state index in [1.54, 1.807) is 6.07 Å². The standard InChI is InChI=1S/C19H18INO3/c20-15-8-4-9-16(12-15)21-17(22)13-24-18(23)19(10-5-11-19)14-6-2-1-3-7-14/h1-4,6-9,12H,5,10-11,13H2,(H,21,22). The summed E-state index contributed by atoms with van der Waals surface area (Å²) in [7, 11) is 0. The van der Waals surface area contributed by atoms with Crippen molar-refractivity contribution in [3.8, 4) is 0 Å². The maximum Gasteiger partial charge on any atom is 0.317 e. The molecule has 3 rings (SSSR count). The average Bonchev–Trinajstić information content (AvgIpc) is 2.53. The Hall–Kier alpha value is -1.89. The van der Waals surface area contributed by atoms with Crippen molar-refractivity contribution in [2.24, 2.45) is 0 Å². The zero-order valence-electron chi connectivity index (χ0n) is 13.1. The van der Waals surface area contributed by atoms with Gasteiger partial charge in [0.2, 0.25) is 0 Å². The third-order valence-electron chi connectivity index (χ3n) is 4.37. The molecule has 1 amide bonds. The first kappa shape index (κ1) is 17.0. The number of nitrogens with one attached hydrogen (secondary N) is 1. The minimum atomic E-state index is -0.580. The van der Waals surface area contributed by atoms with Crippen LogP contribution in [-0.4, -0.2) is 18.5 Å². The molecule has 2 aromatic carbocycles. The van der Waals surface area contributed by atoms with Crippen molar-refractivity contribution in [1.29, 1.82) is 0 Å². The number of rotatable bonds is 5. The van der Waals surface area contributed by atoms with Crippen molar-refractivity contribution in [3.63, 3.8) is 0 Å². The predicted octanol–water partition coefficient (Wildman–Crippen LogP) is 3.89. The van der Waals surface area contributed by atoms with Crippen molar-refractivity contribution in [3.05, 3.63) is 63.7 Å². The summed E-state index contributed by atoms with van der Waals surface area (Å²) in [6.07, 6.45) is 2.54. The summed E-state index contributed by atoms with van der Waals surface area (Å²) in [5.74, 6) is -0.634. The highest BCUT2D eigenvalue weighted by molar-refractivity contribution is 14.1. The van der Waals surface area contributed by atoms with E-state index in [4.69, 9.17) is 4.74 Å². The fraction of sp³-hybridized carbons (Fsp3) is 0.263. The molecule has 1 saturated carbocycles. The first-order valence-corrected chi connectivity index (χ1v) is 8.96. The van der Waals surface area contributed by atoms with Crippen LogP contribution < -0.4 is 5.32 Å². The van der Waals surface area contributed by atoms with Gasteiger partial charge in [0.25, 0.3) is 5.91 Å². The molecule has 124 valence electrons. The molecule has 1 aliphatic rings. The van der Waals surface area contributed by atoms with Crippen LogP contribution in [0, 0.1) is 3.57 Å². The van der Waals surface area contributed by atoms with Crippen LogP contribution in [0.3, 0.4) is 0 Å². The lowest BCUT2D eigenvalue weighted by molar-refractivity contribution is -0.156. The summed E-state index contributed by atoms with van der Waals surface area (Å²) >= 11 is 2.18. The molecule has 0 aromatic heterocycles. The van der Waals surface area contributed by atoms with Gasteiger partial charge in [-0.25, -0.2) is 0 Å². The Morgan fingerprint density at radius 1 is 1.08 bits per heavy atom. The summed E-state index contributed by atoms with van der Waals surface area (Å²) in [5.41, 5.74) is 1.09. The van der Waals surface area contributed by atoms with Gasteiger partial charge in [-0.3, -0.25) is 9.59 Å². The molecular weight excluding hydrogens is 417 g/mol. The van der Waals surface area contributed by atoms with Crippen LogP contribution in [0.4, 0.5) is 5.69 Å². The van der Waals surface area contributed by atoms with E-state index in [1.807, 2.05) is 48.5 Å². The number of carbonyl (C=O) groups excluding carboxylic acids is 2. The highest BCUT2D eigenvalue weighted by atomic mass is 127. The molecule has 0 spiro atoms. The Bertz CT molecular complexity index is 741. The Morgan fingerprint density at radius 3 is 2.46 bits per heavy atom. The maximum absolute atomic E-state index is 12.6. The van der Waals surface area contributed by atoms with Gasteiger partial charge in [0.05, 0.1) is 5.41 Å². The Balaban J connectivity index is 1.59. The predicted molar refractivity (Wildman–Crippen MR) is 101 cm³/mol. The minimum Gasteiger partial charge on any atom is -0.455 e. The molecule has 0 aliphatic heterocycles. The molecule has 4 nitrogen and oxygen atoms in total. The SMILES string of the molecule is O=C(COC(=O)C1(c2ccccc2)CCC1)Nc1cccc(I)c1. The number of halogens is 1. The van der Waals surface area contributed by atoms with Gasteiger partial charge in [-0.05, 0) is 59.2 Å². The van der Waals surface area contributed by atoms with E-state index in [0.717, 1.165) is 28.4 Å². The third-order valence-corrected chi connectivity index (χ3v) is 5.04. The van der Waals surface area contributed by atoms with Crippen LogP contribution >= 0.6 is 22.6 Å². The van der Waals surface area contributed by atoms with Gasteiger partial charge in [-0.1, -0.05) is 42.8 Å². The normalized spacial score (nSPS) is 15.2. The molecule has 2 aromatic rings. The highest BCUT2D eigenvalue weighted by Crippen LogP contribution is 2.44. The molecule has 1 N–H and O–H groups in total. The fourth-order valence-corrected chi connectivity index (χ4v) is 3.47. The molecular formula is C19H18INO3. The summed E-state index contributed by atoms with van der Waals surface area (Å²) in [5, 5.41) is 2.74. The van der Waals surface area contributed by atoms with Crippen LogP contribution in [0.15, 0.2) is 54.6 Å². The van der Waals surface area contributed by atoms with Crippen molar-refractivity contribution in [1.82, 2.24) is 0 Å². The van der Waals surface area contributed by atoms with E-state index in [1.165, 1.54) is 0 Å². The van der Waals surface area contributed by atoms with Crippen molar-refractivity contribution >= 4 is 40.2 Å². The second-order valence-electron chi connectivity index (χ2n) is 5.94. The number of anilines is 1. The molecule has 24 heavy (non-hydrogen) atoms. The molecule has 0 unspecified atom stereocenters. The van der Waals surface area contributed by atoms with Gasteiger partial charge in [0, 0.05) is 9.26 Å². The Morgan fingerprint density at radius 2 is 1.83 bits per heavy atom. The molecule has 0 radical (unpaired) electrons. The Kier molecular flexibility index (Phi) is 5.18. The number of amides is 1. The number of hydrogen-bond donors (Lipinski definition) is 1. The van der Waals surface area contributed by atoms with Crippen LogP contribution in [-0.2, 0) is 19.7 Å². The first-order chi connectivity index (χ1) is 11.6. The number of ether oxygens (including phenoxy) is 1. The van der Waals surface area contributed by atoms with Gasteiger partial charge in [-0.2, -0.15) is 0 Å². The van der Waals surface area contributed by atoms with Crippen molar-refractivity contribution < 1.29 is 14.3 Å². The quantitative estimate of drug-likeness (QED) is 0.573. The smallest absolute Gasteiger partial charge is 0.317 e. The van der Waals surface area contributed by atoms with Crippen LogP contribution in [0.1, 0.15) is 24.8 Å². The molecule has 1 fully saturated rings. The highest BCUT2D eigenvalue weighted by Gasteiger charge is 2.47. The summed E-state index contributed by atoms with van der Waals surface area (Å²) in [4.78, 5) is 24.6. The Labute approximate surface area is 154 Å². The number of carbonyl (C=O) groups is 2. The molecule has 0 bridgehead atoms. The first-order valence-electron chi connectivity index (χ1n) is 7.88. The lowest BCUT2D eigenvalue weighted by Crippen LogP contribution is -2.44. The van der Waals surface area contributed by atoms with E-state index >= 15 is 0 Å². The van der Waals surface area contributed by atoms with E-state index in [2.05, 4.69) is 27.9 Å². The van der Waals surface area contributed by atoms with Crippen LogP contribution in [0.2, 0.25) is 0 Å². The van der Waals surface area contributed by atoms with Crippen LogP contribution in [0.25, 0.3) is 0 Å². The lowest BCUT2D eigenvalue weighted by atomic mass is 9.64. The summed E-state index contributed by atoms with van der Waals surface area (Å²) < 4.78 is 6.34. The van der Waals surface area contributed by atoms with Crippen LogP contribution in [0.5, 0.6) is 0 Å². The summed E-state index contributed by atoms with van der Waals surface area (Å²) in [6.45, 7) is -0.265. The zero-order valence-corrected chi connectivity index (χ0v) is 15.3. The topological polar surface area (TPSA) is 55.4 Å². The molecule has 0 heterocycles. The second kappa shape index (κ2) is 7.34. The second-order valence-corrected chi connectivity index (χ2v) is 7.18. The fourth-order valence-electron chi connectivity index (χ4n) is 2.93. The average molecular weight is 435 g/mol. The van der Waals surface area contributed by atoms with Gasteiger partial charge in [-0.15, -0.1) is 0 Å². The van der Waals surface area contributed by atoms with E-state index < -0.39 is 5.41 Å². The van der Waals surface area contributed by atoms with E-state index in [-0.39, 0.29) is 18.5 Å². The molecule has 0 saturated heterocycles. The largest absolute Gasteiger partial charge is 0.455 e. The van der Waals surface area contributed by atoms with E-state index in [9.17, 15) is 9.59 Å². The van der Waals surface area contributed by atoms with Crippen molar-refractivity contribution in [2.45, 2.75) is 24.7 Å². The number of benzene rings is 2.